The molecule has 0 aliphatic carbocycles. The van der Waals surface area contributed by atoms with Gasteiger partial charge in [-0.1, -0.05) is 53.7 Å². The third-order valence-electron chi connectivity index (χ3n) is 3.00. The van der Waals surface area contributed by atoms with Gasteiger partial charge in [0.2, 0.25) is 0 Å². The summed E-state index contributed by atoms with van der Waals surface area (Å²) < 4.78 is 3.13. The lowest BCUT2D eigenvalue weighted by molar-refractivity contribution is -0.133. The molecule has 0 amide bonds. The molecule has 1 heterocycles. The van der Waals surface area contributed by atoms with Gasteiger partial charge in [-0.2, -0.15) is 0 Å². The first-order chi connectivity index (χ1) is 9.97. The van der Waals surface area contributed by atoms with Crippen LogP contribution in [-0.4, -0.2) is 26.4 Å². The number of nitrogens with zero attached hydrogens (tertiary/aromatic N) is 2. The van der Waals surface area contributed by atoms with E-state index in [9.17, 15) is 4.79 Å². The average molecular weight is 369 g/mol. The van der Waals surface area contributed by atoms with Crippen molar-refractivity contribution >= 4 is 33.7 Å². The van der Waals surface area contributed by atoms with Crippen molar-refractivity contribution in [1.82, 2.24) is 9.55 Å². The van der Waals surface area contributed by atoms with Crippen molar-refractivity contribution in [3.05, 3.63) is 46.2 Å². The Morgan fingerprint density at radius 2 is 2.24 bits per heavy atom. The normalized spacial score (nSPS) is 11.0. The predicted octanol–water partition coefficient (Wildman–Crippen LogP) is 3.99. The van der Waals surface area contributed by atoms with Crippen LogP contribution in [0.15, 0.2) is 40.1 Å². The van der Waals surface area contributed by atoms with Crippen LogP contribution >= 0.6 is 27.7 Å². The van der Waals surface area contributed by atoms with Crippen LogP contribution in [0.4, 0.5) is 0 Å². The largest absolute Gasteiger partial charge is 0.481 e. The van der Waals surface area contributed by atoms with Crippen LogP contribution in [0.1, 0.15) is 31.0 Å². The Hall–Kier alpha value is -1.27. The Bertz CT molecular complexity index is 640. The van der Waals surface area contributed by atoms with Gasteiger partial charge in [0.1, 0.15) is 0 Å². The molecule has 0 saturated heterocycles. The van der Waals surface area contributed by atoms with Gasteiger partial charge >= 0.3 is 5.97 Å². The number of carbonyl (C=O) groups is 1. The van der Waals surface area contributed by atoms with Gasteiger partial charge in [-0.25, -0.2) is 4.98 Å². The highest BCUT2D eigenvalue weighted by Crippen LogP contribution is 2.25. The fraction of sp³-hybridized carbons (Fsp3) is 0.333. The summed E-state index contributed by atoms with van der Waals surface area (Å²) in [6.07, 6.45) is 1.84. The summed E-state index contributed by atoms with van der Waals surface area (Å²) in [7, 11) is 0. The SMILES string of the molecule is CC(C)c1cnc(SCC(=O)O)n1Cc1cccc(Br)c1. The van der Waals surface area contributed by atoms with E-state index in [1.54, 1.807) is 0 Å². The molecule has 21 heavy (non-hydrogen) atoms. The number of thioether (sulfide) groups is 1. The van der Waals surface area contributed by atoms with E-state index in [0.717, 1.165) is 20.9 Å². The lowest BCUT2D eigenvalue weighted by Gasteiger charge is -2.14. The summed E-state index contributed by atoms with van der Waals surface area (Å²) in [5.74, 6) is -0.473. The number of halogens is 1. The molecule has 112 valence electrons. The second-order valence-corrected chi connectivity index (χ2v) is 6.88. The van der Waals surface area contributed by atoms with E-state index < -0.39 is 5.97 Å². The number of rotatable bonds is 6. The Balaban J connectivity index is 2.30. The van der Waals surface area contributed by atoms with Gasteiger partial charge in [-0.05, 0) is 23.6 Å². The summed E-state index contributed by atoms with van der Waals surface area (Å²) in [5, 5.41) is 9.59. The zero-order valence-corrected chi connectivity index (χ0v) is 14.3. The first kappa shape index (κ1) is 16.1. The predicted molar refractivity (Wildman–Crippen MR) is 87.9 cm³/mol. The number of hydrogen-bond donors (Lipinski definition) is 1. The number of aliphatic carboxylic acids is 1. The van der Waals surface area contributed by atoms with E-state index in [-0.39, 0.29) is 5.75 Å². The van der Waals surface area contributed by atoms with E-state index in [1.165, 1.54) is 11.8 Å². The molecule has 1 N–H and O–H groups in total. The molecule has 0 spiro atoms. The minimum atomic E-state index is -0.830. The van der Waals surface area contributed by atoms with Crippen LogP contribution in [0.5, 0.6) is 0 Å². The quantitative estimate of drug-likeness (QED) is 0.783. The summed E-state index contributed by atoms with van der Waals surface area (Å²) in [5.41, 5.74) is 2.27. The molecule has 0 saturated carbocycles. The maximum atomic E-state index is 10.8. The van der Waals surface area contributed by atoms with Crippen LogP contribution in [0.2, 0.25) is 0 Å². The van der Waals surface area contributed by atoms with Crippen molar-refractivity contribution < 1.29 is 9.90 Å². The topological polar surface area (TPSA) is 55.1 Å². The lowest BCUT2D eigenvalue weighted by atomic mass is 10.1. The molecule has 0 fully saturated rings. The van der Waals surface area contributed by atoms with Crippen molar-refractivity contribution in [3.8, 4) is 0 Å². The summed E-state index contributed by atoms with van der Waals surface area (Å²) in [6.45, 7) is 4.91. The Kier molecular flexibility index (Phi) is 5.47. The van der Waals surface area contributed by atoms with Crippen molar-refractivity contribution in [2.45, 2.75) is 31.5 Å². The average Bonchev–Trinajstić information content (AvgIpc) is 2.79. The molecule has 1 aromatic heterocycles. The third-order valence-corrected chi connectivity index (χ3v) is 4.46. The fourth-order valence-corrected chi connectivity index (χ4v) is 3.20. The highest BCUT2D eigenvalue weighted by molar-refractivity contribution is 9.10. The summed E-state index contributed by atoms with van der Waals surface area (Å²) >= 11 is 4.73. The number of benzene rings is 1. The Morgan fingerprint density at radius 1 is 1.48 bits per heavy atom. The fourth-order valence-electron chi connectivity index (χ4n) is 2.05. The maximum absolute atomic E-state index is 10.8. The standard InChI is InChI=1S/C15H17BrN2O2S/c1-10(2)13-7-17-15(21-9-14(19)20)18(13)8-11-4-3-5-12(16)6-11/h3-7,10H,8-9H2,1-2H3,(H,19,20). The van der Waals surface area contributed by atoms with Crippen LogP contribution in [0.25, 0.3) is 0 Å². The van der Waals surface area contributed by atoms with E-state index in [0.29, 0.717) is 12.5 Å². The highest BCUT2D eigenvalue weighted by atomic mass is 79.9. The monoisotopic (exact) mass is 368 g/mol. The number of carboxylic acids is 1. The number of hydrogen-bond acceptors (Lipinski definition) is 3. The number of carboxylic acid groups (broad SMARTS) is 1. The van der Waals surface area contributed by atoms with Crippen molar-refractivity contribution in [2.24, 2.45) is 0 Å². The molecule has 0 radical (unpaired) electrons. The third kappa shape index (κ3) is 4.35. The summed E-state index contributed by atoms with van der Waals surface area (Å²) in [4.78, 5) is 15.1. The molecule has 2 aromatic rings. The molecular weight excluding hydrogens is 352 g/mol. The highest BCUT2D eigenvalue weighted by Gasteiger charge is 2.14. The first-order valence-corrected chi connectivity index (χ1v) is 8.39. The lowest BCUT2D eigenvalue weighted by Crippen LogP contribution is -2.08. The first-order valence-electron chi connectivity index (χ1n) is 6.62. The van der Waals surface area contributed by atoms with E-state index in [1.807, 2.05) is 18.3 Å². The van der Waals surface area contributed by atoms with E-state index >= 15 is 0 Å². The van der Waals surface area contributed by atoms with Crippen LogP contribution in [0.3, 0.4) is 0 Å². The smallest absolute Gasteiger partial charge is 0.313 e. The number of aromatic nitrogens is 2. The minimum absolute atomic E-state index is 0.0209. The van der Waals surface area contributed by atoms with Gasteiger partial charge in [-0.15, -0.1) is 0 Å². The number of imidazole rings is 1. The molecule has 2 rings (SSSR count). The zero-order valence-electron chi connectivity index (χ0n) is 11.9. The maximum Gasteiger partial charge on any atom is 0.313 e. The van der Waals surface area contributed by atoms with Gasteiger partial charge in [0.15, 0.2) is 5.16 Å². The van der Waals surface area contributed by atoms with Crippen molar-refractivity contribution in [1.29, 1.82) is 0 Å². The van der Waals surface area contributed by atoms with Gasteiger partial charge in [0.05, 0.1) is 5.75 Å². The molecule has 0 aliphatic heterocycles. The second kappa shape index (κ2) is 7.13. The van der Waals surface area contributed by atoms with Crippen molar-refractivity contribution in [3.63, 3.8) is 0 Å². The van der Waals surface area contributed by atoms with Crippen molar-refractivity contribution in [2.75, 3.05) is 5.75 Å². The van der Waals surface area contributed by atoms with Gasteiger partial charge in [-0.3, -0.25) is 4.79 Å². The van der Waals surface area contributed by atoms with E-state index in [4.69, 9.17) is 5.11 Å². The molecule has 1 aromatic carbocycles. The van der Waals surface area contributed by atoms with Crippen LogP contribution in [-0.2, 0) is 11.3 Å². The minimum Gasteiger partial charge on any atom is -0.481 e. The second-order valence-electron chi connectivity index (χ2n) is 5.02. The molecule has 0 atom stereocenters. The molecule has 4 nitrogen and oxygen atoms in total. The van der Waals surface area contributed by atoms with Gasteiger partial charge in [0, 0.05) is 22.9 Å². The molecule has 6 heteroatoms. The molecule has 0 aliphatic rings. The Labute approximate surface area is 136 Å². The Morgan fingerprint density at radius 3 is 2.86 bits per heavy atom. The van der Waals surface area contributed by atoms with Gasteiger partial charge < -0.3 is 9.67 Å². The van der Waals surface area contributed by atoms with Gasteiger partial charge in [0.25, 0.3) is 0 Å². The van der Waals surface area contributed by atoms with E-state index in [2.05, 4.69) is 51.5 Å². The molecular formula is C15H17BrN2O2S. The molecule has 0 bridgehead atoms. The zero-order chi connectivity index (χ0) is 15.4. The van der Waals surface area contributed by atoms with Crippen LogP contribution in [0, 0.1) is 0 Å². The van der Waals surface area contributed by atoms with Crippen LogP contribution < -0.4 is 0 Å². The summed E-state index contributed by atoms with van der Waals surface area (Å²) in [6, 6.07) is 8.10. The molecule has 0 unspecified atom stereocenters.